The van der Waals surface area contributed by atoms with Crippen LogP contribution in [0.25, 0.3) is 0 Å². The van der Waals surface area contributed by atoms with Gasteiger partial charge in [0.05, 0.1) is 9.79 Å². The number of likely N-dealkylation sites (tertiary alicyclic amines) is 1. The molecule has 2 rings (SSSR count). The van der Waals surface area contributed by atoms with Crippen molar-refractivity contribution in [2.24, 2.45) is 0 Å². The number of rotatable bonds is 4. The smallest absolute Gasteiger partial charge is 0.306 e. The van der Waals surface area contributed by atoms with Crippen molar-refractivity contribution in [2.75, 3.05) is 20.1 Å². The van der Waals surface area contributed by atoms with E-state index < -0.39 is 25.1 Å². The maximum absolute atomic E-state index is 12.8. The van der Waals surface area contributed by atoms with E-state index in [-0.39, 0.29) is 10.9 Å². The van der Waals surface area contributed by atoms with Crippen LogP contribution in [0.2, 0.25) is 0 Å². The van der Waals surface area contributed by atoms with E-state index >= 15 is 0 Å². The van der Waals surface area contributed by atoms with Crippen LogP contribution in [-0.2, 0) is 20.2 Å². The second-order valence-corrected chi connectivity index (χ2v) is 8.17. The molecule has 6 nitrogen and oxygen atoms in total. The summed E-state index contributed by atoms with van der Waals surface area (Å²) in [7, 11) is -6.57. The molecule has 118 valence electrons. The highest BCUT2D eigenvalue weighted by atomic mass is 32.3. The van der Waals surface area contributed by atoms with E-state index in [0.717, 1.165) is 37.4 Å². The van der Waals surface area contributed by atoms with Crippen molar-refractivity contribution < 1.29 is 20.7 Å². The highest BCUT2D eigenvalue weighted by molar-refractivity contribution is 7.89. The van der Waals surface area contributed by atoms with Gasteiger partial charge in [-0.05, 0) is 57.2 Å². The Labute approximate surface area is 124 Å². The van der Waals surface area contributed by atoms with E-state index in [1.54, 1.807) is 0 Å². The number of hydrogen-bond donors (Lipinski definition) is 1. The molecule has 1 aromatic rings. The zero-order valence-electron chi connectivity index (χ0n) is 11.5. The van der Waals surface area contributed by atoms with Gasteiger partial charge in [0.15, 0.2) is 0 Å². The Balaban J connectivity index is 2.13. The van der Waals surface area contributed by atoms with Gasteiger partial charge in [-0.3, -0.25) is 0 Å². The Bertz CT molecular complexity index is 693. The normalized spacial score (nSPS) is 18.8. The Kier molecular flexibility index (Phi) is 4.66. The Hall–Kier alpha value is -1.03. The summed E-state index contributed by atoms with van der Waals surface area (Å²) < 4.78 is 61.1. The number of halogens is 1. The van der Waals surface area contributed by atoms with Crippen LogP contribution >= 0.6 is 0 Å². The fraction of sp³-hybridized carbons (Fsp3) is 0.500. The molecular weight excluding hydrogens is 319 g/mol. The van der Waals surface area contributed by atoms with Gasteiger partial charge in [-0.1, -0.05) is 0 Å². The Morgan fingerprint density at radius 2 is 1.52 bits per heavy atom. The summed E-state index contributed by atoms with van der Waals surface area (Å²) in [6, 6.07) is 3.92. The maximum Gasteiger partial charge on any atom is 0.332 e. The second-order valence-electron chi connectivity index (χ2n) is 5.11. The van der Waals surface area contributed by atoms with Crippen molar-refractivity contribution in [1.29, 1.82) is 0 Å². The van der Waals surface area contributed by atoms with Crippen LogP contribution in [0.15, 0.2) is 34.1 Å². The molecule has 1 aromatic carbocycles. The molecule has 21 heavy (non-hydrogen) atoms. The van der Waals surface area contributed by atoms with Crippen molar-refractivity contribution >= 4 is 20.2 Å². The van der Waals surface area contributed by atoms with Crippen molar-refractivity contribution in [3.05, 3.63) is 24.3 Å². The number of piperidine rings is 1. The zero-order valence-corrected chi connectivity index (χ0v) is 13.1. The fourth-order valence-corrected chi connectivity index (χ4v) is 3.96. The third kappa shape index (κ3) is 4.22. The van der Waals surface area contributed by atoms with Gasteiger partial charge in [0.25, 0.3) is 0 Å². The van der Waals surface area contributed by atoms with Crippen LogP contribution in [0.5, 0.6) is 0 Å². The monoisotopic (exact) mass is 336 g/mol. The lowest BCUT2D eigenvalue weighted by Gasteiger charge is -2.29. The molecule has 0 spiro atoms. The van der Waals surface area contributed by atoms with Gasteiger partial charge in [0, 0.05) is 6.04 Å². The number of nitrogens with zero attached hydrogens (tertiary/aromatic N) is 1. The van der Waals surface area contributed by atoms with Gasteiger partial charge >= 0.3 is 10.2 Å². The van der Waals surface area contributed by atoms with Crippen LogP contribution < -0.4 is 4.72 Å². The summed E-state index contributed by atoms with van der Waals surface area (Å²) in [5, 5.41) is 0. The molecule has 0 atom stereocenters. The molecule has 1 heterocycles. The van der Waals surface area contributed by atoms with Gasteiger partial charge in [-0.15, -0.1) is 3.89 Å². The molecule has 1 saturated heterocycles. The summed E-state index contributed by atoms with van der Waals surface area (Å²) in [6.45, 7) is 1.62. The molecule has 0 radical (unpaired) electrons. The van der Waals surface area contributed by atoms with Crippen LogP contribution in [0.3, 0.4) is 0 Å². The van der Waals surface area contributed by atoms with Gasteiger partial charge in [0.2, 0.25) is 10.0 Å². The van der Waals surface area contributed by atoms with E-state index in [0.29, 0.717) is 12.8 Å². The standard InChI is InChI=1S/C12H17FN2O4S2/c1-15-8-6-10(7-9-15)14-21(18,19)12-4-2-11(3-5-12)20(13,16)17/h2-5,10,14H,6-9H2,1H3. The van der Waals surface area contributed by atoms with Crippen molar-refractivity contribution in [3.63, 3.8) is 0 Å². The summed E-state index contributed by atoms with van der Waals surface area (Å²) in [4.78, 5) is 1.49. The molecule has 1 fully saturated rings. The molecule has 0 aliphatic carbocycles. The first-order valence-electron chi connectivity index (χ1n) is 6.44. The predicted molar refractivity (Wildman–Crippen MR) is 75.6 cm³/mol. The van der Waals surface area contributed by atoms with Crippen molar-refractivity contribution in [1.82, 2.24) is 9.62 Å². The van der Waals surface area contributed by atoms with Crippen LogP contribution in [0, 0.1) is 0 Å². The van der Waals surface area contributed by atoms with E-state index in [1.165, 1.54) is 0 Å². The number of benzene rings is 1. The van der Waals surface area contributed by atoms with Crippen molar-refractivity contribution in [2.45, 2.75) is 28.7 Å². The summed E-state index contributed by atoms with van der Waals surface area (Å²) >= 11 is 0. The molecule has 0 bridgehead atoms. The molecule has 0 saturated carbocycles. The largest absolute Gasteiger partial charge is 0.332 e. The summed E-state index contributed by atoms with van der Waals surface area (Å²) in [5.74, 6) is 0. The minimum Gasteiger partial charge on any atom is -0.306 e. The summed E-state index contributed by atoms with van der Waals surface area (Å²) in [5.41, 5.74) is 0. The molecule has 1 aliphatic rings. The molecule has 0 amide bonds. The third-order valence-electron chi connectivity index (χ3n) is 3.46. The fourth-order valence-electron chi connectivity index (χ4n) is 2.20. The lowest BCUT2D eigenvalue weighted by atomic mass is 10.1. The van der Waals surface area contributed by atoms with Gasteiger partial charge in [0.1, 0.15) is 0 Å². The van der Waals surface area contributed by atoms with Crippen LogP contribution in [-0.4, -0.2) is 47.9 Å². The van der Waals surface area contributed by atoms with Crippen molar-refractivity contribution in [3.8, 4) is 0 Å². The maximum atomic E-state index is 12.8. The lowest BCUT2D eigenvalue weighted by molar-refractivity contribution is 0.248. The van der Waals surface area contributed by atoms with Crippen LogP contribution in [0.4, 0.5) is 3.89 Å². The average molecular weight is 336 g/mol. The lowest BCUT2D eigenvalue weighted by Crippen LogP contribution is -2.43. The molecule has 9 heteroatoms. The first-order chi connectivity index (χ1) is 9.68. The number of nitrogens with one attached hydrogen (secondary N) is 1. The first-order valence-corrected chi connectivity index (χ1v) is 9.31. The molecule has 0 unspecified atom stereocenters. The SMILES string of the molecule is CN1CCC(NS(=O)(=O)c2ccc(S(=O)(=O)F)cc2)CC1. The minimum absolute atomic E-state index is 0.0752. The third-order valence-corrected chi connectivity index (χ3v) is 5.83. The Morgan fingerprint density at radius 3 is 2.00 bits per heavy atom. The molecule has 1 aliphatic heterocycles. The minimum atomic E-state index is -4.82. The topological polar surface area (TPSA) is 83.6 Å². The molecule has 1 N–H and O–H groups in total. The number of sulfonamides is 1. The summed E-state index contributed by atoms with van der Waals surface area (Å²) in [6.07, 6.45) is 1.43. The van der Waals surface area contributed by atoms with Crippen LogP contribution in [0.1, 0.15) is 12.8 Å². The quantitative estimate of drug-likeness (QED) is 0.819. The van der Waals surface area contributed by atoms with Gasteiger partial charge < -0.3 is 4.90 Å². The molecular formula is C12H17FN2O4S2. The van der Waals surface area contributed by atoms with Gasteiger partial charge in [-0.25, -0.2) is 13.1 Å². The Morgan fingerprint density at radius 1 is 1.05 bits per heavy atom. The molecule has 0 aromatic heterocycles. The van der Waals surface area contributed by atoms with E-state index in [4.69, 9.17) is 0 Å². The predicted octanol–water partition coefficient (Wildman–Crippen LogP) is 0.717. The van der Waals surface area contributed by atoms with Gasteiger partial charge in [-0.2, -0.15) is 8.42 Å². The van der Waals surface area contributed by atoms with E-state index in [9.17, 15) is 20.7 Å². The average Bonchev–Trinajstić information content (AvgIpc) is 2.40. The van der Waals surface area contributed by atoms with E-state index in [1.807, 2.05) is 7.05 Å². The second kappa shape index (κ2) is 5.99. The highest BCUT2D eigenvalue weighted by Crippen LogP contribution is 2.18. The van der Waals surface area contributed by atoms with E-state index in [2.05, 4.69) is 9.62 Å². The zero-order chi connectivity index (χ0) is 15.7. The highest BCUT2D eigenvalue weighted by Gasteiger charge is 2.23. The first kappa shape index (κ1) is 16.3. The number of hydrogen-bond acceptors (Lipinski definition) is 5.